The lowest BCUT2D eigenvalue weighted by Crippen LogP contribution is -2.37. The Labute approximate surface area is 101 Å². The van der Waals surface area contributed by atoms with Gasteiger partial charge in [-0.2, -0.15) is 0 Å². The number of hydrogen-bond acceptors (Lipinski definition) is 1. The Hall–Kier alpha value is -0.480. The maximum absolute atomic E-state index is 5.24. The van der Waals surface area contributed by atoms with Crippen molar-refractivity contribution in [3.8, 4) is 12.3 Å². The van der Waals surface area contributed by atoms with Gasteiger partial charge in [-0.3, -0.25) is 0 Å². The first-order valence-corrected chi connectivity index (χ1v) is 7.05. The van der Waals surface area contributed by atoms with Crippen molar-refractivity contribution < 1.29 is 0 Å². The van der Waals surface area contributed by atoms with Crippen molar-refractivity contribution in [2.45, 2.75) is 70.8 Å². The molecule has 92 valence electrons. The zero-order valence-corrected chi connectivity index (χ0v) is 10.8. The lowest BCUT2D eigenvalue weighted by molar-refractivity contribution is 0.262. The summed E-state index contributed by atoms with van der Waals surface area (Å²) in [4.78, 5) is 0. The van der Waals surface area contributed by atoms with Gasteiger partial charge in [0.05, 0.1) is 0 Å². The molecule has 0 aromatic rings. The van der Waals surface area contributed by atoms with Gasteiger partial charge in [0.1, 0.15) is 0 Å². The lowest BCUT2D eigenvalue weighted by Gasteiger charge is -2.30. The van der Waals surface area contributed by atoms with E-state index in [0.29, 0.717) is 0 Å². The van der Waals surface area contributed by atoms with Crippen molar-refractivity contribution in [1.29, 1.82) is 0 Å². The fourth-order valence-electron chi connectivity index (χ4n) is 2.82. The SMILES string of the molecule is C#CCCCCNC(CC)C1CCCCC1. The van der Waals surface area contributed by atoms with Crippen molar-refractivity contribution >= 4 is 0 Å². The molecule has 0 radical (unpaired) electrons. The molecule has 0 bridgehead atoms. The third-order valence-electron chi connectivity index (χ3n) is 3.81. The highest BCUT2D eigenvalue weighted by Crippen LogP contribution is 2.27. The van der Waals surface area contributed by atoms with E-state index in [1.807, 2.05) is 0 Å². The Balaban J connectivity index is 2.13. The molecule has 1 saturated carbocycles. The van der Waals surface area contributed by atoms with E-state index in [1.165, 1.54) is 51.4 Å². The summed E-state index contributed by atoms with van der Waals surface area (Å²) in [5.74, 6) is 3.64. The molecule has 1 atom stereocenters. The molecule has 1 aliphatic carbocycles. The second-order valence-electron chi connectivity index (χ2n) is 5.03. The molecule has 1 aliphatic rings. The molecule has 1 fully saturated rings. The number of hydrogen-bond donors (Lipinski definition) is 1. The molecule has 1 N–H and O–H groups in total. The topological polar surface area (TPSA) is 12.0 Å². The molecule has 0 spiro atoms. The number of rotatable bonds is 7. The first-order chi connectivity index (χ1) is 7.88. The van der Waals surface area contributed by atoms with Gasteiger partial charge in [-0.1, -0.05) is 26.2 Å². The van der Waals surface area contributed by atoms with E-state index < -0.39 is 0 Å². The maximum atomic E-state index is 5.24. The van der Waals surface area contributed by atoms with Gasteiger partial charge in [0.15, 0.2) is 0 Å². The highest BCUT2D eigenvalue weighted by Gasteiger charge is 2.21. The zero-order chi connectivity index (χ0) is 11.6. The largest absolute Gasteiger partial charge is 0.314 e. The predicted molar refractivity (Wildman–Crippen MR) is 71.3 cm³/mol. The number of nitrogens with one attached hydrogen (secondary N) is 1. The quantitative estimate of drug-likeness (QED) is 0.510. The summed E-state index contributed by atoms with van der Waals surface area (Å²) >= 11 is 0. The van der Waals surface area contributed by atoms with Crippen LogP contribution in [0.3, 0.4) is 0 Å². The van der Waals surface area contributed by atoms with Crippen LogP contribution in [0.25, 0.3) is 0 Å². The monoisotopic (exact) mass is 221 g/mol. The fourth-order valence-corrected chi connectivity index (χ4v) is 2.82. The minimum atomic E-state index is 0.756. The summed E-state index contributed by atoms with van der Waals surface area (Å²) < 4.78 is 0. The molecule has 0 aliphatic heterocycles. The molecule has 1 heteroatoms. The Kier molecular flexibility index (Phi) is 7.34. The van der Waals surface area contributed by atoms with Gasteiger partial charge in [0.25, 0.3) is 0 Å². The van der Waals surface area contributed by atoms with Gasteiger partial charge in [-0.05, 0) is 44.6 Å². The molecule has 0 amide bonds. The van der Waals surface area contributed by atoms with Crippen LogP contribution in [-0.2, 0) is 0 Å². The average Bonchev–Trinajstić information content (AvgIpc) is 2.35. The molecule has 1 unspecified atom stereocenters. The van der Waals surface area contributed by atoms with E-state index in [0.717, 1.165) is 24.9 Å². The van der Waals surface area contributed by atoms with Crippen molar-refractivity contribution in [2.24, 2.45) is 5.92 Å². The summed E-state index contributed by atoms with van der Waals surface area (Å²) in [6.45, 7) is 3.46. The first kappa shape index (κ1) is 13.6. The molecular formula is C15H27N. The van der Waals surface area contributed by atoms with Crippen molar-refractivity contribution in [2.75, 3.05) is 6.54 Å². The number of terminal acetylenes is 1. The second kappa shape index (κ2) is 8.65. The van der Waals surface area contributed by atoms with E-state index in [-0.39, 0.29) is 0 Å². The van der Waals surface area contributed by atoms with Gasteiger partial charge < -0.3 is 5.32 Å². The molecule has 0 heterocycles. The van der Waals surface area contributed by atoms with Gasteiger partial charge in [0.2, 0.25) is 0 Å². The third-order valence-corrected chi connectivity index (χ3v) is 3.81. The molecule has 0 aromatic heterocycles. The normalized spacial score (nSPS) is 19.2. The first-order valence-electron chi connectivity index (χ1n) is 7.05. The van der Waals surface area contributed by atoms with Gasteiger partial charge >= 0.3 is 0 Å². The zero-order valence-electron chi connectivity index (χ0n) is 10.8. The van der Waals surface area contributed by atoms with Crippen LogP contribution >= 0.6 is 0 Å². The summed E-state index contributed by atoms with van der Waals surface area (Å²) in [5, 5.41) is 3.73. The van der Waals surface area contributed by atoms with Crippen molar-refractivity contribution in [3.63, 3.8) is 0 Å². The summed E-state index contributed by atoms with van der Waals surface area (Å²) in [5.41, 5.74) is 0. The van der Waals surface area contributed by atoms with Crippen LogP contribution < -0.4 is 5.32 Å². The van der Waals surface area contributed by atoms with Crippen LogP contribution in [0.2, 0.25) is 0 Å². The van der Waals surface area contributed by atoms with Gasteiger partial charge in [-0.25, -0.2) is 0 Å². The highest BCUT2D eigenvalue weighted by atomic mass is 14.9. The van der Waals surface area contributed by atoms with Crippen LogP contribution in [0, 0.1) is 18.3 Å². The summed E-state index contributed by atoms with van der Waals surface area (Å²) in [7, 11) is 0. The van der Waals surface area contributed by atoms with Crippen LogP contribution in [0.5, 0.6) is 0 Å². The van der Waals surface area contributed by atoms with Gasteiger partial charge in [0, 0.05) is 12.5 Å². The van der Waals surface area contributed by atoms with Crippen molar-refractivity contribution in [1.82, 2.24) is 5.32 Å². The average molecular weight is 221 g/mol. The Morgan fingerprint density at radius 1 is 1.25 bits per heavy atom. The van der Waals surface area contributed by atoms with Crippen LogP contribution in [0.15, 0.2) is 0 Å². The standard InChI is InChI=1S/C15H27N/c1-3-5-6-10-13-16-15(4-2)14-11-8-7-9-12-14/h1,14-16H,4-13H2,2H3. The van der Waals surface area contributed by atoms with E-state index in [9.17, 15) is 0 Å². The summed E-state index contributed by atoms with van der Waals surface area (Å²) in [6, 6.07) is 0.756. The molecule has 1 rings (SSSR count). The van der Waals surface area contributed by atoms with E-state index in [2.05, 4.69) is 18.2 Å². The highest BCUT2D eigenvalue weighted by molar-refractivity contribution is 4.83. The van der Waals surface area contributed by atoms with E-state index >= 15 is 0 Å². The lowest BCUT2D eigenvalue weighted by atomic mass is 9.83. The van der Waals surface area contributed by atoms with Crippen LogP contribution in [0.1, 0.15) is 64.7 Å². The number of unbranched alkanes of at least 4 members (excludes halogenated alkanes) is 2. The summed E-state index contributed by atoms with van der Waals surface area (Å²) in [6.07, 6.45) is 17.1. The second-order valence-corrected chi connectivity index (χ2v) is 5.03. The Bertz CT molecular complexity index is 198. The van der Waals surface area contributed by atoms with E-state index in [1.54, 1.807) is 0 Å². The van der Waals surface area contributed by atoms with Crippen LogP contribution in [-0.4, -0.2) is 12.6 Å². The Morgan fingerprint density at radius 3 is 2.62 bits per heavy atom. The minimum Gasteiger partial charge on any atom is -0.314 e. The molecule has 0 saturated heterocycles. The van der Waals surface area contributed by atoms with Crippen molar-refractivity contribution in [3.05, 3.63) is 0 Å². The van der Waals surface area contributed by atoms with Gasteiger partial charge in [-0.15, -0.1) is 12.3 Å². The third kappa shape index (κ3) is 5.03. The van der Waals surface area contributed by atoms with E-state index in [4.69, 9.17) is 6.42 Å². The molecular weight excluding hydrogens is 194 g/mol. The van der Waals surface area contributed by atoms with Crippen LogP contribution in [0.4, 0.5) is 0 Å². The molecule has 1 nitrogen and oxygen atoms in total. The predicted octanol–water partition coefficient (Wildman–Crippen LogP) is 3.74. The molecule has 16 heavy (non-hydrogen) atoms. The minimum absolute atomic E-state index is 0.756. The Morgan fingerprint density at radius 2 is 2.00 bits per heavy atom. The smallest absolute Gasteiger partial charge is 0.00926 e. The maximum Gasteiger partial charge on any atom is 0.00926 e. The molecule has 0 aromatic carbocycles. The fraction of sp³-hybridized carbons (Fsp3) is 0.867.